The fourth-order valence-corrected chi connectivity index (χ4v) is 12.3. The van der Waals surface area contributed by atoms with Gasteiger partial charge in [-0.1, -0.05) is 53.2 Å². The molecule has 19 atom stereocenters. The Labute approximate surface area is 326 Å². The molecule has 6 aliphatic rings. The smallest absolute Gasteiger partial charge is 0.187 e. The Morgan fingerprint density at radius 2 is 1.55 bits per heavy atom. The van der Waals surface area contributed by atoms with Gasteiger partial charge in [0.05, 0.1) is 30.5 Å². The maximum Gasteiger partial charge on any atom is 0.187 e. The molecule has 0 aromatic carbocycles. The lowest BCUT2D eigenvalue weighted by Gasteiger charge is -2.65. The molecule has 2 aliphatic heterocycles. The van der Waals surface area contributed by atoms with Crippen LogP contribution in [0.4, 0.5) is 0 Å². The number of carbonyl (C=O) groups is 1. The van der Waals surface area contributed by atoms with E-state index in [1.807, 2.05) is 0 Å². The van der Waals surface area contributed by atoms with Crippen LogP contribution in [0.3, 0.4) is 0 Å². The minimum atomic E-state index is -1.67. The number of allylic oxidation sites excluding steroid dienone is 1. The average molecular weight is 783 g/mol. The average Bonchev–Trinajstić information content (AvgIpc) is 3.38. The third-order valence-corrected chi connectivity index (χ3v) is 16.3. The molecule has 8 N–H and O–H groups in total. The predicted octanol–water partition coefficient (Wildman–Crippen LogP) is 2.36. The molecule has 2 saturated heterocycles. The molecule has 2 heterocycles. The summed E-state index contributed by atoms with van der Waals surface area (Å²) < 4.78 is 24.3. The summed E-state index contributed by atoms with van der Waals surface area (Å²) in [6.07, 6.45) is -7.17. The van der Waals surface area contributed by atoms with Crippen molar-refractivity contribution in [3.8, 4) is 0 Å². The molecule has 0 aromatic heterocycles. The van der Waals surface area contributed by atoms with Gasteiger partial charge in [-0.25, -0.2) is 0 Å². The lowest BCUT2D eigenvalue weighted by molar-refractivity contribution is -0.372. The Balaban J connectivity index is 1.23. The van der Waals surface area contributed by atoms with Crippen LogP contribution in [-0.4, -0.2) is 132 Å². The van der Waals surface area contributed by atoms with Crippen LogP contribution in [-0.2, 0) is 23.7 Å². The van der Waals surface area contributed by atoms with Crippen LogP contribution >= 0.6 is 0 Å². The summed E-state index contributed by atoms with van der Waals surface area (Å²) in [5.41, 5.74) is -1.46. The number of ketones is 1. The number of Topliss-reactive ketones (excluding diaryl/α,β-unsaturated/α-hetero) is 1. The molecule has 4 aliphatic carbocycles. The van der Waals surface area contributed by atoms with E-state index in [4.69, 9.17) is 18.9 Å². The molecule has 13 nitrogen and oxygen atoms in total. The molecule has 5 fully saturated rings. The van der Waals surface area contributed by atoms with Gasteiger partial charge in [-0.15, -0.1) is 0 Å². The van der Waals surface area contributed by atoms with Crippen molar-refractivity contribution in [2.24, 2.45) is 45.3 Å². The van der Waals surface area contributed by atoms with Gasteiger partial charge in [-0.2, -0.15) is 0 Å². The van der Waals surface area contributed by atoms with Gasteiger partial charge in [0.1, 0.15) is 48.5 Å². The second-order valence-electron chi connectivity index (χ2n) is 20.0. The van der Waals surface area contributed by atoms with Crippen molar-refractivity contribution >= 4 is 5.78 Å². The Morgan fingerprint density at radius 3 is 2.18 bits per heavy atom. The molecule has 0 spiro atoms. The van der Waals surface area contributed by atoms with Crippen molar-refractivity contribution in [2.75, 3.05) is 6.61 Å². The van der Waals surface area contributed by atoms with Crippen molar-refractivity contribution in [3.63, 3.8) is 0 Å². The quantitative estimate of drug-likeness (QED) is 0.150. The lowest BCUT2D eigenvalue weighted by Crippen LogP contribution is -2.65. The second kappa shape index (κ2) is 15.2. The highest BCUT2D eigenvalue weighted by molar-refractivity contribution is 5.88. The number of aliphatic hydroxyl groups excluding tert-OH is 7. The normalized spacial score (nSPS) is 49.7. The summed E-state index contributed by atoms with van der Waals surface area (Å²) >= 11 is 0. The number of fused-ring (bicyclic) bond motifs is 5. The zero-order valence-electron chi connectivity index (χ0n) is 34.3. The number of hydrogen-bond acceptors (Lipinski definition) is 13. The van der Waals surface area contributed by atoms with E-state index in [0.717, 1.165) is 31.3 Å². The highest BCUT2D eigenvalue weighted by atomic mass is 16.8. The largest absolute Gasteiger partial charge is 0.394 e. The Kier molecular flexibility index (Phi) is 12.0. The number of hydrogen-bond donors (Lipinski definition) is 8. The molecule has 0 bridgehead atoms. The number of ether oxygens (including phenoxy) is 4. The van der Waals surface area contributed by atoms with E-state index in [-0.39, 0.29) is 28.6 Å². The van der Waals surface area contributed by atoms with Gasteiger partial charge in [-0.3, -0.25) is 4.79 Å². The minimum Gasteiger partial charge on any atom is -0.394 e. The Hall–Kier alpha value is -1.07. The third-order valence-electron chi connectivity index (χ3n) is 16.3. The fraction of sp³-hybridized carbons (Fsp3) is 0.929. The van der Waals surface area contributed by atoms with Crippen molar-refractivity contribution in [3.05, 3.63) is 11.6 Å². The number of rotatable bonds is 10. The maximum atomic E-state index is 14.8. The van der Waals surface area contributed by atoms with Crippen LogP contribution < -0.4 is 0 Å². The summed E-state index contributed by atoms with van der Waals surface area (Å²) in [5.74, 6) is 1.05. The maximum absolute atomic E-state index is 14.8. The van der Waals surface area contributed by atoms with Gasteiger partial charge in [0.2, 0.25) is 0 Å². The minimum absolute atomic E-state index is 0.00880. The standard InChI is InChI=1S/C42H70O13/c1-20(10-14-27(44)39(5,6)51)22-16-17-40(7)26-13-11-23-24(42(26,9)28(45)18-41(22,40)8)12-15-29(38(23,3)4)54-37-35(33(49)31(47)25(19-43)53-37)55-36-34(50)32(48)30(46)21(2)52-36/h11,20-22,24-27,29-37,43-44,46-51H,10,12-19H2,1-9H3/t20-,21+,22-,24-,25-,26+,27?,29+,30+,31-,32-,33+,34-,35-,36+,37+,40+,41-,42+/m1/s1. The van der Waals surface area contributed by atoms with Crippen LogP contribution in [0.5, 0.6) is 0 Å². The van der Waals surface area contributed by atoms with E-state index in [0.29, 0.717) is 37.4 Å². The molecule has 0 aromatic rings. The van der Waals surface area contributed by atoms with Crippen molar-refractivity contribution in [2.45, 2.75) is 193 Å². The number of carbonyl (C=O) groups excluding carboxylic acids is 1. The van der Waals surface area contributed by atoms with Gasteiger partial charge in [0.15, 0.2) is 12.6 Å². The molecule has 3 saturated carbocycles. The lowest BCUT2D eigenvalue weighted by atomic mass is 9.38. The molecule has 0 radical (unpaired) electrons. The van der Waals surface area contributed by atoms with E-state index in [1.165, 1.54) is 6.92 Å². The predicted molar refractivity (Wildman–Crippen MR) is 200 cm³/mol. The van der Waals surface area contributed by atoms with Crippen molar-refractivity contribution in [1.82, 2.24) is 0 Å². The molecular weight excluding hydrogens is 712 g/mol. The van der Waals surface area contributed by atoms with E-state index >= 15 is 0 Å². The summed E-state index contributed by atoms with van der Waals surface area (Å²) in [5, 5.41) is 84.3. The molecular formula is C42H70O13. The van der Waals surface area contributed by atoms with Crippen molar-refractivity contribution in [1.29, 1.82) is 0 Å². The summed E-state index contributed by atoms with van der Waals surface area (Å²) in [4.78, 5) is 14.8. The SMILES string of the molecule is C[C@H](CCC(O)C(C)(C)O)[C@H]1CC[C@@]2(C)[C@@H]3CC=C4[C@@H](CC[C@H](O[C@@H]5O[C@H](CO)[C@@H](O)[C@H](O)[C@H]5O[C@@H]5O[C@@H](C)[C@H](O)[C@@H](O)[C@H]5O)C4(C)C)[C@]3(C)C(=O)C[C@]12C. The zero-order valence-corrected chi connectivity index (χ0v) is 34.3. The van der Waals surface area contributed by atoms with Gasteiger partial charge >= 0.3 is 0 Å². The van der Waals surface area contributed by atoms with E-state index in [9.17, 15) is 45.6 Å². The highest BCUT2D eigenvalue weighted by Crippen LogP contribution is 2.74. The van der Waals surface area contributed by atoms with E-state index < -0.39 is 96.7 Å². The Morgan fingerprint density at radius 1 is 0.873 bits per heavy atom. The zero-order chi connectivity index (χ0) is 40.8. The van der Waals surface area contributed by atoms with E-state index in [1.54, 1.807) is 13.8 Å². The molecule has 316 valence electrons. The van der Waals surface area contributed by atoms with Crippen molar-refractivity contribution < 1.29 is 64.6 Å². The first kappa shape index (κ1) is 43.5. The first-order chi connectivity index (χ1) is 25.4. The van der Waals surface area contributed by atoms with E-state index in [2.05, 4.69) is 47.6 Å². The summed E-state index contributed by atoms with van der Waals surface area (Å²) in [6, 6.07) is 0. The topological polar surface area (TPSA) is 216 Å². The first-order valence-electron chi connectivity index (χ1n) is 20.7. The molecule has 6 rings (SSSR count). The molecule has 55 heavy (non-hydrogen) atoms. The van der Waals surface area contributed by atoms with Crippen LogP contribution in [0.2, 0.25) is 0 Å². The number of aliphatic hydroxyl groups is 8. The molecule has 1 unspecified atom stereocenters. The fourth-order valence-electron chi connectivity index (χ4n) is 12.3. The van der Waals surface area contributed by atoms with Crippen LogP contribution in [0, 0.1) is 45.3 Å². The van der Waals surface area contributed by atoms with Gasteiger partial charge < -0.3 is 59.8 Å². The second-order valence-corrected chi connectivity index (χ2v) is 20.0. The third kappa shape index (κ3) is 7.01. The van der Waals surface area contributed by atoms with Crippen LogP contribution in [0.15, 0.2) is 11.6 Å². The Bertz CT molecular complexity index is 1430. The monoisotopic (exact) mass is 782 g/mol. The molecule has 13 heteroatoms. The molecule has 0 amide bonds. The van der Waals surface area contributed by atoms with Crippen LogP contribution in [0.25, 0.3) is 0 Å². The first-order valence-corrected chi connectivity index (χ1v) is 20.7. The summed E-state index contributed by atoms with van der Waals surface area (Å²) in [6.45, 7) is 17.5. The summed E-state index contributed by atoms with van der Waals surface area (Å²) in [7, 11) is 0. The van der Waals surface area contributed by atoms with Gasteiger partial charge in [0, 0.05) is 17.3 Å². The van der Waals surface area contributed by atoms with Crippen LogP contribution in [0.1, 0.15) is 114 Å². The highest BCUT2D eigenvalue weighted by Gasteiger charge is 2.70. The van der Waals surface area contributed by atoms with Gasteiger partial charge in [-0.05, 0) is 100 Å². The van der Waals surface area contributed by atoms with Gasteiger partial charge in [0.25, 0.3) is 0 Å².